The molecule has 1 saturated heterocycles. The van der Waals surface area contributed by atoms with Gasteiger partial charge in [0.1, 0.15) is 0 Å². The van der Waals surface area contributed by atoms with Crippen LogP contribution in [0.15, 0.2) is 0 Å². The number of hydrogen-bond acceptors (Lipinski definition) is 2. The summed E-state index contributed by atoms with van der Waals surface area (Å²) >= 11 is 0. The molecule has 3 atom stereocenters. The zero-order valence-electron chi connectivity index (χ0n) is 14.2. The third kappa shape index (κ3) is 2.26. The predicted molar refractivity (Wildman–Crippen MR) is 83.2 cm³/mol. The van der Waals surface area contributed by atoms with Crippen LogP contribution in [-0.4, -0.2) is 42.3 Å². The highest BCUT2D eigenvalue weighted by atomic mass is 16.5. The first-order valence-corrected chi connectivity index (χ1v) is 8.35. The number of fused-ring (bicyclic) bond motifs is 2. The number of morpholine rings is 1. The zero-order valence-corrected chi connectivity index (χ0v) is 14.2. The monoisotopic (exact) mass is 294 g/mol. The lowest BCUT2D eigenvalue weighted by atomic mass is 9.69. The van der Waals surface area contributed by atoms with E-state index in [0.29, 0.717) is 31.2 Å². The van der Waals surface area contributed by atoms with E-state index in [1.165, 1.54) is 12.8 Å². The van der Waals surface area contributed by atoms with E-state index in [2.05, 4.69) is 26.1 Å². The molecule has 21 heavy (non-hydrogen) atoms. The van der Waals surface area contributed by atoms with E-state index >= 15 is 0 Å². The Morgan fingerprint density at radius 2 is 1.95 bits per heavy atom. The molecule has 0 aromatic carbocycles. The van der Waals surface area contributed by atoms with Crippen LogP contribution in [0.5, 0.6) is 0 Å². The number of rotatable bonds is 1. The summed E-state index contributed by atoms with van der Waals surface area (Å²) in [6, 6.07) is 0.422. The van der Waals surface area contributed by atoms with Gasteiger partial charge in [-0.3, -0.25) is 0 Å². The number of nitrogens with one attached hydrogen (secondary N) is 1. The summed E-state index contributed by atoms with van der Waals surface area (Å²) in [5, 5.41) is 3.35. The molecule has 0 radical (unpaired) electrons. The SMILES string of the molecule is CC1(C)CN(C(=O)N[C@@H]2C[C@H]3CC[C@@]2(C)C3(C)C)CCO1. The molecule has 1 heterocycles. The van der Waals surface area contributed by atoms with Gasteiger partial charge in [0.25, 0.3) is 0 Å². The summed E-state index contributed by atoms with van der Waals surface area (Å²) in [4.78, 5) is 14.6. The number of amides is 2. The van der Waals surface area contributed by atoms with Crippen LogP contribution in [0.25, 0.3) is 0 Å². The smallest absolute Gasteiger partial charge is 0.317 e. The van der Waals surface area contributed by atoms with E-state index in [1.54, 1.807) is 0 Å². The lowest BCUT2D eigenvalue weighted by Gasteiger charge is -2.42. The Morgan fingerprint density at radius 1 is 1.24 bits per heavy atom. The van der Waals surface area contributed by atoms with Crippen LogP contribution in [-0.2, 0) is 4.74 Å². The van der Waals surface area contributed by atoms with Crippen molar-refractivity contribution in [1.29, 1.82) is 0 Å². The summed E-state index contributed by atoms with van der Waals surface area (Å²) in [7, 11) is 0. The van der Waals surface area contributed by atoms with E-state index in [9.17, 15) is 4.79 Å². The van der Waals surface area contributed by atoms with Crippen molar-refractivity contribution in [2.45, 2.75) is 65.5 Å². The fraction of sp³-hybridized carbons (Fsp3) is 0.941. The molecule has 0 spiro atoms. The molecule has 3 rings (SSSR count). The van der Waals surface area contributed by atoms with Gasteiger partial charge in [-0.15, -0.1) is 0 Å². The summed E-state index contributed by atoms with van der Waals surface area (Å²) in [6.45, 7) is 13.2. The molecular formula is C17H30N2O2. The molecule has 1 aliphatic heterocycles. The molecule has 0 aromatic rings. The summed E-state index contributed by atoms with van der Waals surface area (Å²) in [5.41, 5.74) is 0.359. The van der Waals surface area contributed by atoms with Crippen LogP contribution in [0.1, 0.15) is 53.9 Å². The molecule has 3 aliphatic rings. The number of hydrogen-bond donors (Lipinski definition) is 1. The maximum Gasteiger partial charge on any atom is 0.317 e. The fourth-order valence-corrected chi connectivity index (χ4v) is 4.85. The highest BCUT2D eigenvalue weighted by Gasteiger charge is 2.61. The number of urea groups is 1. The number of carbonyl (C=O) groups is 1. The molecule has 2 bridgehead atoms. The summed E-state index contributed by atoms with van der Waals surface area (Å²) < 4.78 is 5.70. The maximum absolute atomic E-state index is 12.6. The normalized spacial score (nSPS) is 40.3. The van der Waals surface area contributed by atoms with Crippen LogP contribution < -0.4 is 5.32 Å². The molecule has 4 nitrogen and oxygen atoms in total. The van der Waals surface area contributed by atoms with Gasteiger partial charge in [-0.25, -0.2) is 4.79 Å². The Hall–Kier alpha value is -0.770. The molecule has 0 unspecified atom stereocenters. The largest absolute Gasteiger partial charge is 0.372 e. The third-order valence-electron chi connectivity index (χ3n) is 6.80. The molecule has 0 aromatic heterocycles. The Labute approximate surface area is 128 Å². The van der Waals surface area contributed by atoms with Gasteiger partial charge in [-0.1, -0.05) is 20.8 Å². The van der Waals surface area contributed by atoms with Crippen molar-refractivity contribution in [2.24, 2.45) is 16.7 Å². The second-order valence-electron chi connectivity index (χ2n) is 8.64. The minimum Gasteiger partial charge on any atom is -0.372 e. The van der Waals surface area contributed by atoms with Gasteiger partial charge in [0.05, 0.1) is 18.8 Å². The van der Waals surface area contributed by atoms with E-state index in [0.717, 1.165) is 12.3 Å². The molecule has 2 aliphatic carbocycles. The van der Waals surface area contributed by atoms with E-state index in [-0.39, 0.29) is 17.0 Å². The van der Waals surface area contributed by atoms with Crippen LogP contribution in [0, 0.1) is 16.7 Å². The van der Waals surface area contributed by atoms with Crippen molar-refractivity contribution in [3.8, 4) is 0 Å². The second kappa shape index (κ2) is 4.61. The van der Waals surface area contributed by atoms with Gasteiger partial charge in [0.2, 0.25) is 0 Å². The van der Waals surface area contributed by atoms with Gasteiger partial charge in [-0.05, 0) is 49.9 Å². The first kappa shape index (κ1) is 15.1. The molecule has 4 heteroatoms. The van der Waals surface area contributed by atoms with Crippen molar-refractivity contribution >= 4 is 6.03 Å². The van der Waals surface area contributed by atoms with Crippen molar-refractivity contribution in [1.82, 2.24) is 10.2 Å². The molecular weight excluding hydrogens is 264 g/mol. The van der Waals surface area contributed by atoms with E-state index in [4.69, 9.17) is 4.74 Å². The molecule has 120 valence electrons. The van der Waals surface area contributed by atoms with Crippen molar-refractivity contribution in [3.63, 3.8) is 0 Å². The lowest BCUT2D eigenvalue weighted by molar-refractivity contribution is -0.0739. The highest BCUT2D eigenvalue weighted by molar-refractivity contribution is 5.75. The van der Waals surface area contributed by atoms with Gasteiger partial charge in [0, 0.05) is 12.6 Å². The third-order valence-corrected chi connectivity index (χ3v) is 6.80. The molecule has 2 amide bonds. The van der Waals surface area contributed by atoms with Crippen molar-refractivity contribution in [2.75, 3.05) is 19.7 Å². The highest BCUT2D eigenvalue weighted by Crippen LogP contribution is 2.65. The predicted octanol–water partition coefficient (Wildman–Crippen LogP) is 3.02. The lowest BCUT2D eigenvalue weighted by Crippen LogP contribution is -2.57. The minimum atomic E-state index is -0.229. The first-order valence-electron chi connectivity index (χ1n) is 8.35. The van der Waals surface area contributed by atoms with Gasteiger partial charge in [-0.2, -0.15) is 0 Å². The van der Waals surface area contributed by atoms with Crippen molar-refractivity contribution in [3.05, 3.63) is 0 Å². The van der Waals surface area contributed by atoms with Gasteiger partial charge in [0.15, 0.2) is 0 Å². The Morgan fingerprint density at radius 3 is 2.48 bits per heavy atom. The van der Waals surface area contributed by atoms with E-state index < -0.39 is 0 Å². The Balaban J connectivity index is 1.67. The van der Waals surface area contributed by atoms with Crippen LogP contribution in [0.2, 0.25) is 0 Å². The van der Waals surface area contributed by atoms with E-state index in [1.807, 2.05) is 18.7 Å². The second-order valence-corrected chi connectivity index (χ2v) is 8.64. The first-order chi connectivity index (χ1) is 9.66. The average molecular weight is 294 g/mol. The maximum atomic E-state index is 12.6. The standard InChI is InChI=1S/C17H30N2O2/c1-15(2)11-19(8-9-21-15)14(20)18-13-10-12-6-7-17(13,5)16(12,3)4/h12-13H,6-11H2,1-5H3,(H,18,20)/t12-,13-,17-/m1/s1. The van der Waals surface area contributed by atoms with Crippen molar-refractivity contribution < 1.29 is 9.53 Å². The Bertz CT molecular complexity index is 446. The quantitative estimate of drug-likeness (QED) is 0.807. The Kier molecular flexibility index (Phi) is 3.32. The number of nitrogens with zero attached hydrogens (tertiary/aromatic N) is 1. The molecule has 1 N–H and O–H groups in total. The molecule has 2 saturated carbocycles. The minimum absolute atomic E-state index is 0.0981. The average Bonchev–Trinajstić information content (AvgIpc) is 2.70. The zero-order chi connectivity index (χ0) is 15.5. The number of ether oxygens (including phenoxy) is 1. The summed E-state index contributed by atoms with van der Waals surface area (Å²) in [6.07, 6.45) is 3.70. The van der Waals surface area contributed by atoms with Crippen LogP contribution in [0.3, 0.4) is 0 Å². The summed E-state index contributed by atoms with van der Waals surface area (Å²) in [5.74, 6) is 0.758. The van der Waals surface area contributed by atoms with Gasteiger partial charge >= 0.3 is 6.03 Å². The topological polar surface area (TPSA) is 41.6 Å². The fourth-order valence-electron chi connectivity index (χ4n) is 4.85. The molecule has 3 fully saturated rings. The van der Waals surface area contributed by atoms with Gasteiger partial charge < -0.3 is 15.0 Å². The van der Waals surface area contributed by atoms with Crippen LogP contribution in [0.4, 0.5) is 4.79 Å². The van der Waals surface area contributed by atoms with Crippen LogP contribution >= 0.6 is 0 Å². The number of carbonyl (C=O) groups excluding carboxylic acids is 1.